The molecule has 3 N–H and O–H groups in total. The van der Waals surface area contributed by atoms with Crippen molar-refractivity contribution in [2.45, 2.75) is 52.5 Å². The van der Waals surface area contributed by atoms with Crippen molar-refractivity contribution in [2.75, 3.05) is 33.6 Å². The third-order valence-electron chi connectivity index (χ3n) is 6.08. The van der Waals surface area contributed by atoms with Gasteiger partial charge in [0.05, 0.1) is 22.9 Å². The van der Waals surface area contributed by atoms with Gasteiger partial charge in [-0.3, -0.25) is 4.79 Å². The summed E-state index contributed by atoms with van der Waals surface area (Å²) in [5.74, 6) is -0.265. The minimum absolute atomic E-state index is 0.00938. The molecule has 190 valence electrons. The number of nitrogens with zero attached hydrogens (tertiary/aromatic N) is 1. The maximum Gasteiger partial charge on any atom is 0.323 e. The van der Waals surface area contributed by atoms with E-state index in [-0.39, 0.29) is 24.0 Å². The topological polar surface area (TPSA) is 116 Å². The van der Waals surface area contributed by atoms with Gasteiger partial charge in [-0.15, -0.1) is 0 Å². The SMILES string of the molecule is Cc1ccc(NC(=O)Nc2cc(CCC(=O)O)ccc2N(CC(C)C)C2CCS(=O)(=O)CC2)cc1. The zero-order chi connectivity index (χ0) is 25.6. The van der Waals surface area contributed by atoms with Crippen molar-refractivity contribution in [3.05, 3.63) is 53.6 Å². The summed E-state index contributed by atoms with van der Waals surface area (Å²) in [4.78, 5) is 26.2. The Bertz CT molecular complexity index is 1130. The Balaban J connectivity index is 1.91. The number of carboxylic acid groups (broad SMARTS) is 1. The van der Waals surface area contributed by atoms with Gasteiger partial charge in [-0.2, -0.15) is 0 Å². The van der Waals surface area contributed by atoms with Gasteiger partial charge in [-0.1, -0.05) is 37.6 Å². The molecular formula is C26H35N3O5S. The molecule has 0 radical (unpaired) electrons. The maximum absolute atomic E-state index is 12.9. The van der Waals surface area contributed by atoms with Crippen molar-refractivity contribution < 1.29 is 23.1 Å². The molecule has 0 aliphatic carbocycles. The zero-order valence-electron chi connectivity index (χ0n) is 20.6. The fourth-order valence-corrected chi connectivity index (χ4v) is 5.76. The summed E-state index contributed by atoms with van der Waals surface area (Å²) in [5, 5.41) is 14.9. The van der Waals surface area contributed by atoms with Crippen molar-refractivity contribution in [2.24, 2.45) is 5.92 Å². The van der Waals surface area contributed by atoms with Crippen LogP contribution >= 0.6 is 0 Å². The number of carbonyl (C=O) groups excluding carboxylic acids is 1. The van der Waals surface area contributed by atoms with Crippen LogP contribution in [0.5, 0.6) is 0 Å². The lowest BCUT2D eigenvalue weighted by atomic mass is 10.0. The molecule has 9 heteroatoms. The lowest BCUT2D eigenvalue weighted by Crippen LogP contribution is -2.43. The largest absolute Gasteiger partial charge is 0.481 e. The Kier molecular flexibility index (Phi) is 8.77. The molecule has 2 aromatic rings. The molecule has 3 rings (SSSR count). The second-order valence-electron chi connectivity index (χ2n) is 9.62. The Labute approximate surface area is 207 Å². The standard InChI is InChI=1S/C26H35N3O5S/c1-18(2)17-29(22-12-14-35(33,34)15-13-22)24-10-6-20(7-11-25(30)31)16-23(24)28-26(32)27-21-8-4-19(3)5-9-21/h4-6,8-10,16,18,22H,7,11-15,17H2,1-3H3,(H,30,31)(H2,27,28,32). The number of anilines is 3. The number of hydrogen-bond donors (Lipinski definition) is 3. The van der Waals surface area contributed by atoms with Gasteiger partial charge in [0.15, 0.2) is 0 Å². The van der Waals surface area contributed by atoms with Gasteiger partial charge in [0.2, 0.25) is 0 Å². The minimum atomic E-state index is -3.01. The first-order valence-electron chi connectivity index (χ1n) is 12.0. The van der Waals surface area contributed by atoms with Crippen LogP contribution in [0, 0.1) is 12.8 Å². The summed E-state index contributed by atoms with van der Waals surface area (Å²) in [7, 11) is -3.01. The van der Waals surface area contributed by atoms with E-state index in [0.717, 1.165) is 16.8 Å². The third kappa shape index (κ3) is 7.99. The molecule has 8 nitrogen and oxygen atoms in total. The van der Waals surface area contributed by atoms with Crippen molar-refractivity contribution >= 4 is 38.9 Å². The smallest absolute Gasteiger partial charge is 0.323 e. The predicted octanol–water partition coefficient (Wildman–Crippen LogP) is 4.70. The highest BCUT2D eigenvalue weighted by Gasteiger charge is 2.30. The molecule has 35 heavy (non-hydrogen) atoms. The Hall–Kier alpha value is -3.07. The second-order valence-corrected chi connectivity index (χ2v) is 11.9. The monoisotopic (exact) mass is 501 g/mol. The molecule has 1 fully saturated rings. The molecule has 0 atom stereocenters. The lowest BCUT2D eigenvalue weighted by molar-refractivity contribution is -0.136. The van der Waals surface area contributed by atoms with E-state index in [2.05, 4.69) is 29.4 Å². The second kappa shape index (κ2) is 11.6. The van der Waals surface area contributed by atoms with Crippen LogP contribution in [0.3, 0.4) is 0 Å². The average Bonchev–Trinajstić information content (AvgIpc) is 2.78. The normalized spacial score (nSPS) is 15.5. The molecule has 0 saturated carbocycles. The minimum Gasteiger partial charge on any atom is -0.481 e. The number of amides is 2. The Morgan fingerprint density at radius 1 is 1.06 bits per heavy atom. The first-order valence-corrected chi connectivity index (χ1v) is 13.8. The van der Waals surface area contributed by atoms with Gasteiger partial charge < -0.3 is 20.6 Å². The van der Waals surface area contributed by atoms with E-state index >= 15 is 0 Å². The summed E-state index contributed by atoms with van der Waals surface area (Å²) in [5.41, 5.74) is 3.93. The van der Waals surface area contributed by atoms with Crippen LogP contribution in [0.4, 0.5) is 21.9 Å². The van der Waals surface area contributed by atoms with Gasteiger partial charge in [-0.05, 0) is 61.9 Å². The number of nitrogens with one attached hydrogen (secondary N) is 2. The Morgan fingerprint density at radius 2 is 1.71 bits per heavy atom. The van der Waals surface area contributed by atoms with Crippen molar-refractivity contribution in [3.63, 3.8) is 0 Å². The number of hydrogen-bond acceptors (Lipinski definition) is 5. The van der Waals surface area contributed by atoms with Gasteiger partial charge in [0.1, 0.15) is 9.84 Å². The number of carboxylic acids is 1. The van der Waals surface area contributed by atoms with E-state index in [0.29, 0.717) is 43.1 Å². The molecule has 1 saturated heterocycles. The zero-order valence-corrected chi connectivity index (χ0v) is 21.4. The van der Waals surface area contributed by atoms with Crippen molar-refractivity contribution in [1.82, 2.24) is 0 Å². The van der Waals surface area contributed by atoms with Gasteiger partial charge >= 0.3 is 12.0 Å². The number of rotatable bonds is 9. The van der Waals surface area contributed by atoms with Crippen LogP contribution < -0.4 is 15.5 Å². The maximum atomic E-state index is 12.9. The van der Waals surface area contributed by atoms with Crippen LogP contribution in [0.25, 0.3) is 0 Å². The van der Waals surface area contributed by atoms with Gasteiger partial charge in [0.25, 0.3) is 0 Å². The number of carbonyl (C=O) groups is 2. The van der Waals surface area contributed by atoms with Gasteiger partial charge in [0, 0.05) is 24.7 Å². The highest BCUT2D eigenvalue weighted by molar-refractivity contribution is 7.91. The van der Waals surface area contributed by atoms with Crippen LogP contribution in [0.15, 0.2) is 42.5 Å². The van der Waals surface area contributed by atoms with E-state index < -0.39 is 21.8 Å². The van der Waals surface area contributed by atoms with E-state index in [1.54, 1.807) is 0 Å². The van der Waals surface area contributed by atoms with E-state index in [9.17, 15) is 18.0 Å². The number of aryl methyl sites for hydroxylation is 2. The first-order chi connectivity index (χ1) is 16.5. The third-order valence-corrected chi connectivity index (χ3v) is 7.80. The lowest BCUT2D eigenvalue weighted by Gasteiger charge is -2.38. The van der Waals surface area contributed by atoms with E-state index in [1.807, 2.05) is 49.4 Å². The fourth-order valence-electron chi connectivity index (χ4n) is 4.29. The van der Waals surface area contributed by atoms with Crippen molar-refractivity contribution in [3.8, 4) is 0 Å². The first kappa shape index (κ1) is 26.5. The summed E-state index contributed by atoms with van der Waals surface area (Å²) < 4.78 is 24.0. The molecule has 1 heterocycles. The van der Waals surface area contributed by atoms with Crippen molar-refractivity contribution in [1.29, 1.82) is 0 Å². The Morgan fingerprint density at radius 3 is 2.31 bits per heavy atom. The molecule has 2 aromatic carbocycles. The predicted molar refractivity (Wildman–Crippen MR) is 140 cm³/mol. The molecule has 1 aliphatic heterocycles. The molecule has 0 spiro atoms. The highest BCUT2D eigenvalue weighted by Crippen LogP contribution is 2.33. The molecule has 0 bridgehead atoms. The molecule has 0 aromatic heterocycles. The summed E-state index contributed by atoms with van der Waals surface area (Å²) in [6.45, 7) is 6.88. The van der Waals surface area contributed by atoms with Crippen LogP contribution in [-0.2, 0) is 21.1 Å². The molecular weight excluding hydrogens is 466 g/mol. The number of sulfone groups is 1. The van der Waals surface area contributed by atoms with Crippen LogP contribution in [0.1, 0.15) is 44.2 Å². The van der Waals surface area contributed by atoms with Gasteiger partial charge in [-0.25, -0.2) is 13.2 Å². The number of aliphatic carboxylic acids is 1. The van der Waals surface area contributed by atoms with Crippen LogP contribution in [0.2, 0.25) is 0 Å². The summed E-state index contributed by atoms with van der Waals surface area (Å²) >= 11 is 0. The highest BCUT2D eigenvalue weighted by atomic mass is 32.2. The number of urea groups is 1. The molecule has 1 aliphatic rings. The van der Waals surface area contributed by atoms with E-state index in [4.69, 9.17) is 5.11 Å². The molecule has 0 unspecified atom stereocenters. The average molecular weight is 502 g/mol. The number of benzene rings is 2. The summed E-state index contributed by atoms with van der Waals surface area (Å²) in [6, 6.07) is 12.7. The molecule has 2 amide bonds. The fraction of sp³-hybridized carbons (Fsp3) is 0.462. The van der Waals surface area contributed by atoms with Crippen LogP contribution in [-0.4, -0.2) is 49.6 Å². The van der Waals surface area contributed by atoms with E-state index in [1.165, 1.54) is 0 Å². The summed E-state index contributed by atoms with van der Waals surface area (Å²) in [6.07, 6.45) is 1.40. The quantitative estimate of drug-likeness (QED) is 0.459.